The van der Waals surface area contributed by atoms with Crippen LogP contribution in [0.4, 0.5) is 5.69 Å². The summed E-state index contributed by atoms with van der Waals surface area (Å²) in [6, 6.07) is 16.6. The first kappa shape index (κ1) is 19.1. The van der Waals surface area contributed by atoms with Gasteiger partial charge in [0.2, 0.25) is 10.0 Å². The van der Waals surface area contributed by atoms with E-state index in [2.05, 4.69) is 5.32 Å². The number of ether oxygens (including phenoxy) is 1. The van der Waals surface area contributed by atoms with E-state index in [1.54, 1.807) is 19.2 Å². The van der Waals surface area contributed by atoms with E-state index in [1.165, 1.54) is 11.4 Å². The minimum absolute atomic E-state index is 0.0489. The van der Waals surface area contributed by atoms with Crippen molar-refractivity contribution in [1.82, 2.24) is 0 Å². The Balaban J connectivity index is 1.81. The molecule has 3 aromatic rings. The lowest BCUT2D eigenvalue weighted by atomic mass is 10.0. The highest BCUT2D eigenvalue weighted by Gasteiger charge is 2.16. The molecular formula is C19H18N2O4S2. The van der Waals surface area contributed by atoms with Gasteiger partial charge in [0.05, 0.1) is 12.7 Å². The van der Waals surface area contributed by atoms with Gasteiger partial charge in [-0.1, -0.05) is 30.3 Å². The average molecular weight is 402 g/mol. The van der Waals surface area contributed by atoms with Crippen molar-refractivity contribution in [3.8, 4) is 5.75 Å². The van der Waals surface area contributed by atoms with Crippen LogP contribution in [0.5, 0.6) is 5.75 Å². The van der Waals surface area contributed by atoms with Gasteiger partial charge < -0.3 is 10.1 Å². The zero-order valence-corrected chi connectivity index (χ0v) is 16.1. The van der Waals surface area contributed by atoms with E-state index < -0.39 is 15.9 Å². The van der Waals surface area contributed by atoms with E-state index >= 15 is 0 Å². The quantitative estimate of drug-likeness (QED) is 0.661. The number of rotatable bonds is 6. The van der Waals surface area contributed by atoms with Gasteiger partial charge in [-0.3, -0.25) is 4.79 Å². The molecule has 2 aromatic carbocycles. The summed E-state index contributed by atoms with van der Waals surface area (Å²) in [5.74, 6) is 0.320. The summed E-state index contributed by atoms with van der Waals surface area (Å²) >= 11 is 0.913. The number of thiophene rings is 1. The summed E-state index contributed by atoms with van der Waals surface area (Å²) < 4.78 is 28.1. The topological polar surface area (TPSA) is 98.5 Å². The van der Waals surface area contributed by atoms with Gasteiger partial charge in [-0.25, -0.2) is 13.6 Å². The summed E-state index contributed by atoms with van der Waals surface area (Å²) in [5, 5.41) is 9.32. The number of hydrogen-bond donors (Lipinski definition) is 2. The summed E-state index contributed by atoms with van der Waals surface area (Å²) in [6.45, 7) is 0. The molecule has 0 saturated heterocycles. The molecule has 1 amide bonds. The first-order chi connectivity index (χ1) is 12.9. The monoisotopic (exact) mass is 402 g/mol. The van der Waals surface area contributed by atoms with Crippen LogP contribution in [0, 0.1) is 0 Å². The zero-order chi connectivity index (χ0) is 19.4. The summed E-state index contributed by atoms with van der Waals surface area (Å²) in [5.41, 5.74) is 2.88. The number of methoxy groups -OCH3 is 1. The molecule has 27 heavy (non-hydrogen) atoms. The van der Waals surface area contributed by atoms with Gasteiger partial charge in [-0.15, -0.1) is 11.3 Å². The van der Waals surface area contributed by atoms with Gasteiger partial charge in [0, 0.05) is 23.1 Å². The molecule has 8 heteroatoms. The van der Waals surface area contributed by atoms with Crippen LogP contribution in [0.2, 0.25) is 0 Å². The molecule has 140 valence electrons. The van der Waals surface area contributed by atoms with Crippen LogP contribution in [0.3, 0.4) is 0 Å². The van der Waals surface area contributed by atoms with Crippen molar-refractivity contribution in [2.45, 2.75) is 10.6 Å². The number of benzene rings is 2. The van der Waals surface area contributed by atoms with Crippen LogP contribution in [-0.2, 0) is 16.4 Å². The molecule has 6 nitrogen and oxygen atoms in total. The molecule has 1 heterocycles. The van der Waals surface area contributed by atoms with Gasteiger partial charge in [-0.05, 0) is 29.8 Å². The molecule has 0 aliphatic carbocycles. The Labute approximate surface area is 161 Å². The number of nitrogens with two attached hydrogens (primary N) is 1. The Morgan fingerprint density at radius 2 is 1.89 bits per heavy atom. The SMILES string of the molecule is COc1ccc(NC(=O)c2csc(S(N)(=O)=O)c2)cc1Cc1ccccc1. The van der Waals surface area contributed by atoms with Crippen LogP contribution in [0.25, 0.3) is 0 Å². The molecule has 0 saturated carbocycles. The van der Waals surface area contributed by atoms with Gasteiger partial charge in [0.15, 0.2) is 0 Å². The number of hydrogen-bond acceptors (Lipinski definition) is 5. The molecule has 3 rings (SSSR count). The molecular weight excluding hydrogens is 384 g/mol. The van der Waals surface area contributed by atoms with E-state index in [1.807, 2.05) is 36.4 Å². The summed E-state index contributed by atoms with van der Waals surface area (Å²) in [6.07, 6.45) is 0.655. The van der Waals surface area contributed by atoms with Gasteiger partial charge >= 0.3 is 0 Å². The maximum atomic E-state index is 12.4. The first-order valence-electron chi connectivity index (χ1n) is 8.00. The molecule has 0 unspecified atom stereocenters. The zero-order valence-electron chi connectivity index (χ0n) is 14.5. The van der Waals surface area contributed by atoms with Crippen LogP contribution in [-0.4, -0.2) is 21.4 Å². The third-order valence-electron chi connectivity index (χ3n) is 3.89. The standard InChI is InChI=1S/C19H18N2O4S2/c1-25-17-8-7-16(10-14(17)9-13-5-3-2-4-6-13)21-19(22)15-11-18(26-12-15)27(20,23)24/h2-8,10-12H,9H2,1H3,(H,21,22)(H2,20,23,24). The Kier molecular flexibility index (Phi) is 5.59. The summed E-state index contributed by atoms with van der Waals surface area (Å²) in [4.78, 5) is 12.4. The lowest BCUT2D eigenvalue weighted by Gasteiger charge is -2.12. The largest absolute Gasteiger partial charge is 0.496 e. The van der Waals surface area contributed by atoms with Crippen molar-refractivity contribution in [1.29, 1.82) is 0 Å². The Bertz CT molecular complexity index is 1060. The average Bonchev–Trinajstić information content (AvgIpc) is 3.14. The number of nitrogens with one attached hydrogen (secondary N) is 1. The van der Waals surface area contributed by atoms with Crippen LogP contribution in [0.1, 0.15) is 21.5 Å². The third kappa shape index (κ3) is 4.73. The van der Waals surface area contributed by atoms with E-state index in [-0.39, 0.29) is 9.77 Å². The predicted octanol–water partition coefficient (Wildman–Crippen LogP) is 3.25. The molecule has 0 spiro atoms. The van der Waals surface area contributed by atoms with Crippen molar-refractivity contribution < 1.29 is 17.9 Å². The maximum Gasteiger partial charge on any atom is 0.256 e. The van der Waals surface area contributed by atoms with Crippen molar-refractivity contribution in [2.24, 2.45) is 5.14 Å². The number of anilines is 1. The molecule has 0 aliphatic heterocycles. The molecule has 3 N–H and O–H groups in total. The molecule has 0 atom stereocenters. The number of sulfonamides is 1. The molecule has 1 aromatic heterocycles. The Morgan fingerprint density at radius 1 is 1.15 bits per heavy atom. The van der Waals surface area contributed by atoms with Crippen molar-refractivity contribution in [3.05, 3.63) is 76.7 Å². The minimum atomic E-state index is -3.82. The maximum absolute atomic E-state index is 12.4. The lowest BCUT2D eigenvalue weighted by molar-refractivity contribution is 0.102. The van der Waals surface area contributed by atoms with E-state index in [0.717, 1.165) is 28.2 Å². The second-order valence-electron chi connectivity index (χ2n) is 5.84. The summed E-state index contributed by atoms with van der Waals surface area (Å²) in [7, 11) is -2.22. The van der Waals surface area contributed by atoms with Crippen LogP contribution < -0.4 is 15.2 Å². The lowest BCUT2D eigenvalue weighted by Crippen LogP contribution is -2.12. The fraction of sp³-hybridized carbons (Fsp3) is 0.105. The van der Waals surface area contributed by atoms with Crippen molar-refractivity contribution in [2.75, 3.05) is 12.4 Å². The minimum Gasteiger partial charge on any atom is -0.496 e. The van der Waals surface area contributed by atoms with Crippen molar-refractivity contribution in [3.63, 3.8) is 0 Å². The number of carbonyl (C=O) groups is 1. The smallest absolute Gasteiger partial charge is 0.256 e. The third-order valence-corrected chi connectivity index (χ3v) is 6.28. The van der Waals surface area contributed by atoms with Crippen LogP contribution in [0.15, 0.2) is 64.2 Å². The van der Waals surface area contributed by atoms with Gasteiger partial charge in [-0.2, -0.15) is 0 Å². The Morgan fingerprint density at radius 3 is 2.52 bits per heavy atom. The molecule has 0 bridgehead atoms. The normalized spacial score (nSPS) is 11.2. The van der Waals surface area contributed by atoms with E-state index in [0.29, 0.717) is 12.1 Å². The fourth-order valence-electron chi connectivity index (χ4n) is 2.60. The fourth-order valence-corrected chi connectivity index (χ4v) is 4.18. The highest BCUT2D eigenvalue weighted by atomic mass is 32.2. The van der Waals surface area contributed by atoms with E-state index in [9.17, 15) is 13.2 Å². The molecule has 0 aliphatic rings. The highest BCUT2D eigenvalue weighted by molar-refractivity contribution is 7.91. The highest BCUT2D eigenvalue weighted by Crippen LogP contribution is 2.26. The second kappa shape index (κ2) is 7.91. The van der Waals surface area contributed by atoms with Crippen LogP contribution >= 0.6 is 11.3 Å². The van der Waals surface area contributed by atoms with Gasteiger partial charge in [0.25, 0.3) is 5.91 Å². The van der Waals surface area contributed by atoms with Crippen molar-refractivity contribution >= 4 is 33.0 Å². The number of carbonyl (C=O) groups excluding carboxylic acids is 1. The number of primary sulfonamides is 1. The van der Waals surface area contributed by atoms with Gasteiger partial charge in [0.1, 0.15) is 9.96 Å². The number of amides is 1. The Hall–Kier alpha value is -2.68. The predicted molar refractivity (Wildman–Crippen MR) is 106 cm³/mol. The second-order valence-corrected chi connectivity index (χ2v) is 8.54. The molecule has 0 radical (unpaired) electrons. The molecule has 0 fully saturated rings. The van der Waals surface area contributed by atoms with E-state index in [4.69, 9.17) is 9.88 Å². The first-order valence-corrected chi connectivity index (χ1v) is 10.4.